The lowest BCUT2D eigenvalue weighted by atomic mass is 10.0. The fourth-order valence-corrected chi connectivity index (χ4v) is 3.32. The van der Waals surface area contributed by atoms with E-state index in [4.69, 9.17) is 4.74 Å². The number of thiazole rings is 1. The zero-order chi connectivity index (χ0) is 19.3. The minimum atomic E-state index is -0.518. The number of aryl methyl sites for hydroxylation is 1. The molecule has 0 aliphatic rings. The van der Waals surface area contributed by atoms with Gasteiger partial charge in [-0.15, -0.1) is 11.3 Å². The van der Waals surface area contributed by atoms with Crippen LogP contribution in [0.25, 0.3) is 10.4 Å². The molecule has 0 spiro atoms. The zero-order valence-electron chi connectivity index (χ0n) is 16.0. The van der Waals surface area contributed by atoms with E-state index >= 15 is 0 Å². The lowest BCUT2D eigenvalue weighted by Crippen LogP contribution is -2.34. The number of hydrogen-bond acceptors (Lipinski definition) is 5. The number of nitrogens with zero attached hydrogens (tertiary/aromatic N) is 1. The van der Waals surface area contributed by atoms with Crippen LogP contribution in [0.5, 0.6) is 0 Å². The number of hydrogen-bond donors (Lipinski definition) is 1. The van der Waals surface area contributed by atoms with Crippen LogP contribution in [0.4, 0.5) is 4.79 Å². The number of rotatable bonds is 6. The number of benzene rings is 1. The first kappa shape index (κ1) is 20.1. The zero-order valence-corrected chi connectivity index (χ0v) is 16.8. The van der Waals surface area contributed by atoms with E-state index in [0.717, 1.165) is 21.7 Å². The highest BCUT2D eigenvalue weighted by Gasteiger charge is 2.18. The van der Waals surface area contributed by atoms with Crippen molar-refractivity contribution in [3.63, 3.8) is 0 Å². The van der Waals surface area contributed by atoms with E-state index in [1.165, 1.54) is 0 Å². The standard InChI is InChI=1S/C20H26N2O3S/c1-13(23)6-11-17-18(26-12-21-17)16-9-7-15(8-10-16)14(2)22-19(24)25-20(3,4)5/h7-10,12,14H,6,11H2,1-5H3,(H,22,24)/t14-/m0/s1. The molecule has 1 aromatic carbocycles. The minimum absolute atomic E-state index is 0.155. The number of amides is 1. The van der Waals surface area contributed by atoms with Gasteiger partial charge in [-0.25, -0.2) is 9.78 Å². The van der Waals surface area contributed by atoms with Crippen molar-refractivity contribution in [2.75, 3.05) is 0 Å². The van der Waals surface area contributed by atoms with Crippen LogP contribution in [0.1, 0.15) is 58.3 Å². The van der Waals surface area contributed by atoms with Crippen molar-refractivity contribution < 1.29 is 14.3 Å². The summed E-state index contributed by atoms with van der Waals surface area (Å²) >= 11 is 1.57. The number of ether oxygens (including phenoxy) is 1. The molecule has 0 bridgehead atoms. The lowest BCUT2D eigenvalue weighted by molar-refractivity contribution is -0.117. The Bertz CT molecular complexity index is 760. The third kappa shape index (κ3) is 5.95. The molecule has 1 heterocycles. The van der Waals surface area contributed by atoms with E-state index in [0.29, 0.717) is 12.8 Å². The number of nitrogens with one attached hydrogen (secondary N) is 1. The molecule has 0 saturated carbocycles. The van der Waals surface area contributed by atoms with Gasteiger partial charge in [0, 0.05) is 6.42 Å². The normalized spacial score (nSPS) is 12.5. The smallest absolute Gasteiger partial charge is 0.408 e. The molecule has 26 heavy (non-hydrogen) atoms. The maximum absolute atomic E-state index is 11.9. The Hall–Kier alpha value is -2.21. The van der Waals surface area contributed by atoms with Crippen LogP contribution in [0.3, 0.4) is 0 Å². The van der Waals surface area contributed by atoms with E-state index < -0.39 is 11.7 Å². The summed E-state index contributed by atoms with van der Waals surface area (Å²) in [6.45, 7) is 9.03. The van der Waals surface area contributed by atoms with Gasteiger partial charge >= 0.3 is 6.09 Å². The predicted octanol–water partition coefficient (Wildman–Crippen LogP) is 4.92. The van der Waals surface area contributed by atoms with Crippen LogP contribution in [-0.2, 0) is 16.0 Å². The number of aromatic nitrogens is 1. The summed E-state index contributed by atoms with van der Waals surface area (Å²) in [5, 5.41) is 2.84. The number of ketones is 1. The summed E-state index contributed by atoms with van der Waals surface area (Å²) in [6, 6.07) is 7.87. The average Bonchev–Trinajstić information content (AvgIpc) is 2.99. The maximum Gasteiger partial charge on any atom is 0.408 e. The van der Waals surface area contributed by atoms with Gasteiger partial charge < -0.3 is 14.8 Å². The molecule has 0 radical (unpaired) electrons. The first-order chi connectivity index (χ1) is 12.2. The van der Waals surface area contributed by atoms with Gasteiger partial charge in [0.15, 0.2) is 0 Å². The third-order valence-corrected chi connectivity index (χ3v) is 4.68. The molecule has 1 N–H and O–H groups in total. The van der Waals surface area contributed by atoms with E-state index in [1.54, 1.807) is 18.3 Å². The quantitative estimate of drug-likeness (QED) is 0.779. The molecular formula is C20H26N2O3S. The number of carbonyl (C=O) groups excluding carboxylic acids is 2. The maximum atomic E-state index is 11.9. The first-order valence-corrected chi connectivity index (χ1v) is 9.55. The van der Waals surface area contributed by atoms with Crippen molar-refractivity contribution in [2.45, 2.75) is 59.1 Å². The van der Waals surface area contributed by atoms with Crippen molar-refractivity contribution in [3.05, 3.63) is 41.0 Å². The molecule has 0 saturated heterocycles. The highest BCUT2D eigenvalue weighted by molar-refractivity contribution is 7.13. The fourth-order valence-electron chi connectivity index (χ4n) is 2.47. The molecule has 140 valence electrons. The topological polar surface area (TPSA) is 68.3 Å². The van der Waals surface area contributed by atoms with E-state index in [-0.39, 0.29) is 11.8 Å². The number of alkyl carbamates (subject to hydrolysis) is 1. The van der Waals surface area contributed by atoms with Crippen LogP contribution in [0.2, 0.25) is 0 Å². The summed E-state index contributed by atoms with van der Waals surface area (Å²) in [7, 11) is 0. The molecule has 0 unspecified atom stereocenters. The van der Waals surface area contributed by atoms with Gasteiger partial charge in [0.2, 0.25) is 0 Å². The van der Waals surface area contributed by atoms with Crippen LogP contribution in [0.15, 0.2) is 29.8 Å². The fraction of sp³-hybridized carbons (Fsp3) is 0.450. The second-order valence-corrected chi connectivity index (χ2v) is 8.17. The van der Waals surface area contributed by atoms with Gasteiger partial charge in [0.1, 0.15) is 11.4 Å². The molecule has 0 aliphatic heterocycles. The minimum Gasteiger partial charge on any atom is -0.444 e. The Morgan fingerprint density at radius 3 is 2.46 bits per heavy atom. The SMILES string of the molecule is CC(=O)CCc1ncsc1-c1ccc([C@H](C)NC(=O)OC(C)(C)C)cc1. The van der Waals surface area contributed by atoms with E-state index in [1.807, 2.05) is 57.5 Å². The second kappa shape index (κ2) is 8.45. The first-order valence-electron chi connectivity index (χ1n) is 8.67. The Morgan fingerprint density at radius 1 is 1.23 bits per heavy atom. The summed E-state index contributed by atoms with van der Waals surface area (Å²) in [4.78, 5) is 28.6. The lowest BCUT2D eigenvalue weighted by Gasteiger charge is -2.22. The third-order valence-electron chi connectivity index (χ3n) is 3.76. The second-order valence-electron chi connectivity index (χ2n) is 7.32. The van der Waals surface area contributed by atoms with Gasteiger partial charge in [-0.3, -0.25) is 0 Å². The Morgan fingerprint density at radius 2 is 1.88 bits per heavy atom. The van der Waals surface area contributed by atoms with Crippen molar-refractivity contribution >= 4 is 23.2 Å². The molecule has 5 nitrogen and oxygen atoms in total. The van der Waals surface area contributed by atoms with Crippen molar-refractivity contribution in [3.8, 4) is 10.4 Å². The molecule has 0 fully saturated rings. The molecule has 1 amide bonds. The summed E-state index contributed by atoms with van der Waals surface area (Å²) in [6.07, 6.45) is 0.737. The van der Waals surface area contributed by atoms with Crippen molar-refractivity contribution in [2.24, 2.45) is 0 Å². The molecule has 6 heteroatoms. The van der Waals surface area contributed by atoms with Crippen LogP contribution in [0, 0.1) is 0 Å². The summed E-state index contributed by atoms with van der Waals surface area (Å²) in [5.74, 6) is 0.168. The van der Waals surface area contributed by atoms with Crippen LogP contribution in [-0.4, -0.2) is 22.5 Å². The highest BCUT2D eigenvalue weighted by Crippen LogP contribution is 2.29. The van der Waals surface area contributed by atoms with Gasteiger partial charge in [0.05, 0.1) is 22.1 Å². The predicted molar refractivity (Wildman–Crippen MR) is 104 cm³/mol. The molecule has 2 aromatic rings. The molecule has 1 atom stereocenters. The Kier molecular flexibility index (Phi) is 6.53. The van der Waals surface area contributed by atoms with E-state index in [2.05, 4.69) is 10.3 Å². The monoisotopic (exact) mass is 374 g/mol. The van der Waals surface area contributed by atoms with Crippen LogP contribution >= 0.6 is 11.3 Å². The largest absolute Gasteiger partial charge is 0.444 e. The summed E-state index contributed by atoms with van der Waals surface area (Å²) < 4.78 is 5.29. The van der Waals surface area contributed by atoms with Crippen LogP contribution < -0.4 is 5.32 Å². The molecule has 1 aromatic heterocycles. The number of carbonyl (C=O) groups is 2. The molecule has 2 rings (SSSR count). The number of Topliss-reactive ketones (excluding diaryl/α,β-unsaturated/α-hetero) is 1. The van der Waals surface area contributed by atoms with Gasteiger partial charge in [0.25, 0.3) is 0 Å². The average molecular weight is 375 g/mol. The van der Waals surface area contributed by atoms with Crippen molar-refractivity contribution in [1.82, 2.24) is 10.3 Å². The van der Waals surface area contributed by atoms with Gasteiger partial charge in [-0.05, 0) is 52.2 Å². The molecule has 0 aliphatic carbocycles. The van der Waals surface area contributed by atoms with E-state index in [9.17, 15) is 9.59 Å². The van der Waals surface area contributed by atoms with Gasteiger partial charge in [-0.2, -0.15) is 0 Å². The van der Waals surface area contributed by atoms with Gasteiger partial charge in [-0.1, -0.05) is 24.3 Å². The summed E-state index contributed by atoms with van der Waals surface area (Å²) in [5.41, 5.74) is 4.31. The Labute approximate surface area is 158 Å². The Balaban J connectivity index is 2.05. The van der Waals surface area contributed by atoms with Crippen molar-refractivity contribution in [1.29, 1.82) is 0 Å². The highest BCUT2D eigenvalue weighted by atomic mass is 32.1. The molecular weight excluding hydrogens is 348 g/mol.